The van der Waals surface area contributed by atoms with Crippen LogP contribution < -0.4 is 0 Å². The number of carbonyl (C=O) groups is 1. The van der Waals surface area contributed by atoms with Gasteiger partial charge in [-0.25, -0.2) is 4.98 Å². The standard InChI is InChI=1S/C12H6Cl2FNO/c13-9-3-1-2-8(12(9)14)7-4-5-11(15)16-10(7)6-17/h1-6H. The maximum Gasteiger partial charge on any atom is 0.213 e. The molecule has 0 atom stereocenters. The second-order valence-corrected chi connectivity index (χ2v) is 4.07. The molecule has 1 aromatic carbocycles. The molecule has 0 aliphatic rings. The van der Waals surface area contributed by atoms with E-state index in [0.29, 0.717) is 27.5 Å². The molecule has 0 spiro atoms. The summed E-state index contributed by atoms with van der Waals surface area (Å²) in [5.41, 5.74) is 0.997. The summed E-state index contributed by atoms with van der Waals surface area (Å²) in [6.07, 6.45) is 0.482. The van der Waals surface area contributed by atoms with E-state index >= 15 is 0 Å². The van der Waals surface area contributed by atoms with Crippen LogP contribution in [0.5, 0.6) is 0 Å². The molecule has 2 aromatic rings. The molecule has 5 heteroatoms. The summed E-state index contributed by atoms with van der Waals surface area (Å²) >= 11 is 11.9. The van der Waals surface area contributed by atoms with Crippen LogP contribution >= 0.6 is 23.2 Å². The molecule has 2 nitrogen and oxygen atoms in total. The minimum atomic E-state index is -0.714. The summed E-state index contributed by atoms with van der Waals surface area (Å²) in [6.45, 7) is 0. The molecule has 1 aromatic heterocycles. The minimum Gasteiger partial charge on any atom is -0.296 e. The average Bonchev–Trinajstić information content (AvgIpc) is 2.33. The molecule has 0 amide bonds. The fourth-order valence-electron chi connectivity index (χ4n) is 1.48. The van der Waals surface area contributed by atoms with Crippen LogP contribution in [0, 0.1) is 5.95 Å². The van der Waals surface area contributed by atoms with Crippen molar-refractivity contribution >= 4 is 29.5 Å². The van der Waals surface area contributed by atoms with E-state index in [2.05, 4.69) is 4.98 Å². The Balaban J connectivity index is 2.68. The lowest BCUT2D eigenvalue weighted by molar-refractivity contribution is 0.111. The molecule has 0 radical (unpaired) electrons. The average molecular weight is 270 g/mol. The fraction of sp³-hybridized carbons (Fsp3) is 0. The first-order chi connectivity index (χ1) is 8.13. The molecule has 1 heterocycles. The number of carbonyl (C=O) groups excluding carboxylic acids is 1. The smallest absolute Gasteiger partial charge is 0.213 e. The van der Waals surface area contributed by atoms with Crippen LogP contribution in [0.2, 0.25) is 10.0 Å². The summed E-state index contributed by atoms with van der Waals surface area (Å²) in [6, 6.07) is 7.63. The van der Waals surface area contributed by atoms with Gasteiger partial charge in [-0.3, -0.25) is 4.79 Å². The first-order valence-corrected chi connectivity index (χ1v) is 5.45. The van der Waals surface area contributed by atoms with Crippen LogP contribution in [0.15, 0.2) is 30.3 Å². The van der Waals surface area contributed by atoms with Gasteiger partial charge >= 0.3 is 0 Å². The van der Waals surface area contributed by atoms with Crippen molar-refractivity contribution < 1.29 is 9.18 Å². The Morgan fingerprint density at radius 3 is 2.59 bits per heavy atom. The maximum absolute atomic E-state index is 12.9. The second-order valence-electron chi connectivity index (χ2n) is 3.29. The van der Waals surface area contributed by atoms with E-state index in [4.69, 9.17) is 23.2 Å². The molecule has 0 unspecified atom stereocenters. The largest absolute Gasteiger partial charge is 0.296 e. The lowest BCUT2D eigenvalue weighted by Gasteiger charge is -2.07. The van der Waals surface area contributed by atoms with Gasteiger partial charge in [0.15, 0.2) is 6.29 Å². The number of hydrogen-bond acceptors (Lipinski definition) is 2. The van der Waals surface area contributed by atoms with Gasteiger partial charge in [-0.15, -0.1) is 0 Å². The van der Waals surface area contributed by atoms with Crippen LogP contribution in [0.4, 0.5) is 4.39 Å². The highest BCUT2D eigenvalue weighted by molar-refractivity contribution is 6.43. The maximum atomic E-state index is 12.9. The Morgan fingerprint density at radius 1 is 1.12 bits per heavy atom. The van der Waals surface area contributed by atoms with Crippen molar-refractivity contribution in [3.8, 4) is 11.1 Å². The zero-order valence-electron chi connectivity index (χ0n) is 8.45. The lowest BCUT2D eigenvalue weighted by Crippen LogP contribution is -1.95. The molecule has 17 heavy (non-hydrogen) atoms. The summed E-state index contributed by atoms with van der Waals surface area (Å²) in [7, 11) is 0. The van der Waals surface area contributed by atoms with Gasteiger partial charge in [-0.2, -0.15) is 4.39 Å². The fourth-order valence-corrected chi connectivity index (χ4v) is 1.88. The number of nitrogens with zero attached hydrogens (tertiary/aromatic N) is 1. The third-order valence-electron chi connectivity index (χ3n) is 2.24. The van der Waals surface area contributed by atoms with Gasteiger partial charge in [0, 0.05) is 11.1 Å². The zero-order valence-corrected chi connectivity index (χ0v) is 9.97. The Labute approximate surface area is 107 Å². The number of aldehydes is 1. The van der Waals surface area contributed by atoms with Crippen molar-refractivity contribution in [1.82, 2.24) is 4.98 Å². The van der Waals surface area contributed by atoms with Crippen LogP contribution in [-0.4, -0.2) is 11.3 Å². The van der Waals surface area contributed by atoms with Crippen molar-refractivity contribution in [1.29, 1.82) is 0 Å². The van der Waals surface area contributed by atoms with Crippen LogP contribution in [0.1, 0.15) is 10.5 Å². The normalized spacial score (nSPS) is 10.3. The number of aromatic nitrogens is 1. The third kappa shape index (κ3) is 2.30. The van der Waals surface area contributed by atoms with Crippen molar-refractivity contribution in [3.05, 3.63) is 52.0 Å². The van der Waals surface area contributed by atoms with Gasteiger partial charge in [-0.05, 0) is 18.2 Å². The van der Waals surface area contributed by atoms with Crippen LogP contribution in [-0.2, 0) is 0 Å². The van der Waals surface area contributed by atoms with Crippen molar-refractivity contribution in [2.24, 2.45) is 0 Å². The molecule has 0 aliphatic carbocycles. The van der Waals surface area contributed by atoms with Crippen molar-refractivity contribution in [3.63, 3.8) is 0 Å². The van der Waals surface area contributed by atoms with Gasteiger partial charge in [0.1, 0.15) is 5.69 Å². The topological polar surface area (TPSA) is 30.0 Å². The first kappa shape index (κ1) is 12.0. The number of halogens is 3. The van der Waals surface area contributed by atoms with E-state index in [9.17, 15) is 9.18 Å². The summed E-state index contributed by atoms with van der Waals surface area (Å²) in [4.78, 5) is 14.3. The van der Waals surface area contributed by atoms with E-state index in [1.807, 2.05) is 0 Å². The Hall–Kier alpha value is -1.45. The quantitative estimate of drug-likeness (QED) is 0.609. The van der Waals surface area contributed by atoms with Gasteiger partial charge in [0.05, 0.1) is 10.0 Å². The molecule has 86 valence electrons. The molecule has 0 bridgehead atoms. The molecule has 0 fully saturated rings. The van der Waals surface area contributed by atoms with Gasteiger partial charge in [0.25, 0.3) is 0 Å². The van der Waals surface area contributed by atoms with Gasteiger partial charge < -0.3 is 0 Å². The molecular formula is C12H6Cl2FNO. The number of hydrogen-bond donors (Lipinski definition) is 0. The van der Waals surface area contributed by atoms with Gasteiger partial charge in [-0.1, -0.05) is 35.3 Å². The number of benzene rings is 1. The highest BCUT2D eigenvalue weighted by Gasteiger charge is 2.12. The van der Waals surface area contributed by atoms with E-state index in [1.165, 1.54) is 12.1 Å². The highest BCUT2D eigenvalue weighted by atomic mass is 35.5. The Morgan fingerprint density at radius 2 is 1.88 bits per heavy atom. The van der Waals surface area contributed by atoms with Gasteiger partial charge in [0.2, 0.25) is 5.95 Å². The monoisotopic (exact) mass is 269 g/mol. The van der Waals surface area contributed by atoms with Crippen LogP contribution in [0.3, 0.4) is 0 Å². The molecule has 0 saturated carbocycles. The molecule has 0 aliphatic heterocycles. The third-order valence-corrected chi connectivity index (χ3v) is 3.06. The number of rotatable bonds is 2. The predicted octanol–water partition coefficient (Wildman–Crippen LogP) is 4.01. The van der Waals surface area contributed by atoms with Crippen molar-refractivity contribution in [2.45, 2.75) is 0 Å². The summed E-state index contributed by atoms with van der Waals surface area (Å²) in [5, 5.41) is 0.677. The zero-order chi connectivity index (χ0) is 12.4. The molecule has 0 saturated heterocycles. The number of pyridine rings is 1. The van der Waals surface area contributed by atoms with Crippen LogP contribution in [0.25, 0.3) is 11.1 Å². The minimum absolute atomic E-state index is 0.00540. The first-order valence-electron chi connectivity index (χ1n) is 4.69. The molecular weight excluding hydrogens is 264 g/mol. The predicted molar refractivity (Wildman–Crippen MR) is 65.0 cm³/mol. The Bertz CT molecular complexity index is 587. The van der Waals surface area contributed by atoms with E-state index < -0.39 is 5.95 Å². The van der Waals surface area contributed by atoms with E-state index in [0.717, 1.165) is 0 Å². The summed E-state index contributed by atoms with van der Waals surface area (Å²) < 4.78 is 12.9. The SMILES string of the molecule is O=Cc1nc(F)ccc1-c1cccc(Cl)c1Cl. The Kier molecular flexibility index (Phi) is 3.41. The second kappa shape index (κ2) is 4.82. The van der Waals surface area contributed by atoms with E-state index in [-0.39, 0.29) is 5.69 Å². The van der Waals surface area contributed by atoms with E-state index in [1.54, 1.807) is 18.2 Å². The summed E-state index contributed by atoms with van der Waals surface area (Å²) in [5.74, 6) is -0.714. The lowest BCUT2D eigenvalue weighted by atomic mass is 10.0. The molecule has 0 N–H and O–H groups in total. The van der Waals surface area contributed by atoms with Crippen molar-refractivity contribution in [2.75, 3.05) is 0 Å². The molecule has 2 rings (SSSR count). The highest BCUT2D eigenvalue weighted by Crippen LogP contribution is 2.34.